The summed E-state index contributed by atoms with van der Waals surface area (Å²) >= 11 is 3.34. The largest absolute Gasteiger partial charge is 0.373 e. The van der Waals surface area contributed by atoms with E-state index < -0.39 is 6.23 Å². The molecule has 0 saturated carbocycles. The van der Waals surface area contributed by atoms with E-state index in [0.717, 1.165) is 15.9 Å². The molecule has 1 aromatic rings. The number of likely N-dealkylation sites (N-methyl/N-ethyl adjacent to an activating group) is 1. The summed E-state index contributed by atoms with van der Waals surface area (Å²) in [6.07, 6.45) is 1.99. The third kappa shape index (κ3) is 1.11. The van der Waals surface area contributed by atoms with Crippen molar-refractivity contribution in [2.24, 2.45) is 0 Å². The molecule has 12 heavy (non-hydrogen) atoms. The van der Waals surface area contributed by atoms with Crippen LogP contribution >= 0.6 is 15.9 Å². The van der Waals surface area contributed by atoms with E-state index in [1.54, 1.807) is 11.1 Å². The van der Waals surface area contributed by atoms with Crippen molar-refractivity contribution in [1.29, 1.82) is 0 Å². The fraction of sp³-hybridized carbons (Fsp3) is 0.375. The molecular weight excluding hydrogens is 220 g/mol. The van der Waals surface area contributed by atoms with E-state index in [0.29, 0.717) is 6.42 Å². The van der Waals surface area contributed by atoms with E-state index in [2.05, 4.69) is 20.9 Å². The molecule has 0 unspecified atom stereocenters. The van der Waals surface area contributed by atoms with Crippen molar-refractivity contribution in [1.82, 2.24) is 4.98 Å². The van der Waals surface area contributed by atoms with Crippen molar-refractivity contribution in [3.8, 4) is 0 Å². The first-order chi connectivity index (χ1) is 5.68. The Morgan fingerprint density at radius 3 is 3.25 bits per heavy atom. The van der Waals surface area contributed by atoms with Gasteiger partial charge in [0.1, 0.15) is 12.0 Å². The van der Waals surface area contributed by atoms with Gasteiger partial charge >= 0.3 is 0 Å². The molecule has 2 heterocycles. The fourth-order valence-electron chi connectivity index (χ4n) is 1.42. The zero-order chi connectivity index (χ0) is 8.72. The number of anilines is 1. The van der Waals surface area contributed by atoms with E-state index in [4.69, 9.17) is 0 Å². The minimum Gasteiger partial charge on any atom is -0.373 e. The summed E-state index contributed by atoms with van der Waals surface area (Å²) in [5.41, 5.74) is 1.10. The first kappa shape index (κ1) is 8.01. The molecule has 1 aliphatic heterocycles. The van der Waals surface area contributed by atoms with Crippen molar-refractivity contribution < 1.29 is 5.11 Å². The third-order valence-electron chi connectivity index (χ3n) is 2.09. The Morgan fingerprint density at radius 2 is 2.50 bits per heavy atom. The zero-order valence-electron chi connectivity index (χ0n) is 6.66. The Hall–Kier alpha value is -0.610. The molecule has 1 N–H and O–H groups in total. The number of nitrogens with zero attached hydrogens (tertiary/aromatic N) is 2. The Bertz CT molecular complexity index is 316. The van der Waals surface area contributed by atoms with Crippen LogP contribution in [-0.2, 0) is 6.42 Å². The van der Waals surface area contributed by atoms with Gasteiger partial charge in [0.05, 0.1) is 0 Å². The molecule has 2 rings (SSSR count). The summed E-state index contributed by atoms with van der Waals surface area (Å²) in [7, 11) is 1.84. The van der Waals surface area contributed by atoms with Crippen molar-refractivity contribution in [3.05, 3.63) is 22.3 Å². The van der Waals surface area contributed by atoms with Gasteiger partial charge in [-0.3, -0.25) is 0 Å². The van der Waals surface area contributed by atoms with Crippen LogP contribution in [0.5, 0.6) is 0 Å². The molecule has 3 nitrogen and oxygen atoms in total. The highest BCUT2D eigenvalue weighted by molar-refractivity contribution is 9.10. The Labute approximate surface area is 79.2 Å². The molecule has 0 aliphatic carbocycles. The lowest BCUT2D eigenvalue weighted by Gasteiger charge is -2.15. The monoisotopic (exact) mass is 228 g/mol. The van der Waals surface area contributed by atoms with Crippen LogP contribution in [0.2, 0.25) is 0 Å². The number of pyridine rings is 1. The molecule has 1 aliphatic rings. The molecule has 0 bridgehead atoms. The Morgan fingerprint density at radius 1 is 1.75 bits per heavy atom. The van der Waals surface area contributed by atoms with Gasteiger partial charge in [-0.15, -0.1) is 0 Å². The first-order valence-electron chi connectivity index (χ1n) is 3.74. The molecule has 1 aromatic heterocycles. The van der Waals surface area contributed by atoms with Crippen molar-refractivity contribution in [2.45, 2.75) is 12.6 Å². The van der Waals surface area contributed by atoms with Crippen molar-refractivity contribution in [2.75, 3.05) is 11.9 Å². The summed E-state index contributed by atoms with van der Waals surface area (Å²) in [5.74, 6) is 0.880. The zero-order valence-corrected chi connectivity index (χ0v) is 8.24. The van der Waals surface area contributed by atoms with Gasteiger partial charge in [0.15, 0.2) is 0 Å². The maximum Gasteiger partial charge on any atom is 0.133 e. The van der Waals surface area contributed by atoms with E-state index in [9.17, 15) is 5.11 Å². The number of aliphatic hydroxyl groups excluding tert-OH is 1. The highest BCUT2D eigenvalue weighted by Crippen LogP contribution is 2.29. The molecule has 64 valence electrons. The van der Waals surface area contributed by atoms with Gasteiger partial charge in [-0.25, -0.2) is 4.98 Å². The van der Waals surface area contributed by atoms with Crippen LogP contribution in [0.4, 0.5) is 5.82 Å². The summed E-state index contributed by atoms with van der Waals surface area (Å²) in [5, 5.41) is 9.48. The van der Waals surface area contributed by atoms with Crippen LogP contribution < -0.4 is 4.90 Å². The SMILES string of the molecule is CN1c2ncc(Br)cc2C[C@@H]1O. The molecular formula is C8H9BrN2O. The molecule has 0 fully saturated rings. The predicted molar refractivity (Wildman–Crippen MR) is 50.1 cm³/mol. The van der Waals surface area contributed by atoms with Crippen molar-refractivity contribution >= 4 is 21.7 Å². The van der Waals surface area contributed by atoms with Crippen LogP contribution in [-0.4, -0.2) is 23.4 Å². The summed E-state index contributed by atoms with van der Waals surface area (Å²) in [6.45, 7) is 0. The van der Waals surface area contributed by atoms with Gasteiger partial charge in [-0.1, -0.05) is 0 Å². The average molecular weight is 229 g/mol. The normalized spacial score (nSPS) is 21.2. The lowest BCUT2D eigenvalue weighted by molar-refractivity contribution is 0.185. The molecule has 1 atom stereocenters. The molecule has 0 spiro atoms. The quantitative estimate of drug-likeness (QED) is 0.725. The number of halogens is 1. The first-order valence-corrected chi connectivity index (χ1v) is 4.53. The minimum atomic E-state index is -0.415. The standard InChI is InChI=1S/C8H9BrN2O/c1-11-7(12)3-5-2-6(9)4-10-8(5)11/h2,4,7,12H,3H2,1H3/t7-/m0/s1. The summed E-state index contributed by atoms with van der Waals surface area (Å²) in [6, 6.07) is 2.00. The number of aromatic nitrogens is 1. The second-order valence-corrected chi connectivity index (χ2v) is 3.85. The number of aliphatic hydroxyl groups is 1. The lowest BCUT2D eigenvalue weighted by atomic mass is 10.2. The van der Waals surface area contributed by atoms with Gasteiger partial charge in [0.2, 0.25) is 0 Å². The van der Waals surface area contributed by atoms with E-state index in [-0.39, 0.29) is 0 Å². The van der Waals surface area contributed by atoms with Gasteiger partial charge in [0.25, 0.3) is 0 Å². The molecule has 0 aromatic carbocycles. The van der Waals surface area contributed by atoms with Crippen LogP contribution in [0, 0.1) is 0 Å². The Kier molecular flexibility index (Phi) is 1.81. The third-order valence-corrected chi connectivity index (χ3v) is 2.53. The van der Waals surface area contributed by atoms with Crippen LogP contribution in [0.1, 0.15) is 5.56 Å². The molecule has 0 amide bonds. The van der Waals surface area contributed by atoms with Gasteiger partial charge in [-0.05, 0) is 22.0 Å². The molecule has 0 radical (unpaired) electrons. The maximum absolute atomic E-state index is 9.48. The predicted octanol–water partition coefficient (Wildman–Crippen LogP) is 1.15. The van der Waals surface area contributed by atoms with Crippen LogP contribution in [0.3, 0.4) is 0 Å². The summed E-state index contributed by atoms with van der Waals surface area (Å²) in [4.78, 5) is 5.99. The van der Waals surface area contributed by atoms with E-state index in [1.165, 1.54) is 0 Å². The highest BCUT2D eigenvalue weighted by Gasteiger charge is 2.25. The number of rotatable bonds is 0. The lowest BCUT2D eigenvalue weighted by Crippen LogP contribution is -2.27. The number of hydrogen-bond acceptors (Lipinski definition) is 3. The number of hydrogen-bond donors (Lipinski definition) is 1. The Balaban J connectivity index is 2.47. The highest BCUT2D eigenvalue weighted by atomic mass is 79.9. The van der Waals surface area contributed by atoms with E-state index in [1.807, 2.05) is 13.1 Å². The summed E-state index contributed by atoms with van der Waals surface area (Å²) < 4.78 is 0.962. The number of fused-ring (bicyclic) bond motifs is 1. The topological polar surface area (TPSA) is 36.4 Å². The fourth-order valence-corrected chi connectivity index (χ4v) is 1.80. The average Bonchev–Trinajstić information content (AvgIpc) is 2.28. The van der Waals surface area contributed by atoms with E-state index >= 15 is 0 Å². The molecule has 0 saturated heterocycles. The molecule has 4 heteroatoms. The minimum absolute atomic E-state index is 0.415. The second-order valence-electron chi connectivity index (χ2n) is 2.93. The van der Waals surface area contributed by atoms with Crippen LogP contribution in [0.25, 0.3) is 0 Å². The second kappa shape index (κ2) is 2.71. The van der Waals surface area contributed by atoms with Crippen molar-refractivity contribution in [3.63, 3.8) is 0 Å². The maximum atomic E-state index is 9.48. The van der Waals surface area contributed by atoms with Gasteiger partial charge in [-0.2, -0.15) is 0 Å². The van der Waals surface area contributed by atoms with Gasteiger partial charge < -0.3 is 10.0 Å². The van der Waals surface area contributed by atoms with Gasteiger partial charge in [0, 0.05) is 29.7 Å². The van der Waals surface area contributed by atoms with Crippen LogP contribution in [0.15, 0.2) is 16.7 Å². The smallest absolute Gasteiger partial charge is 0.133 e.